The van der Waals surface area contributed by atoms with Gasteiger partial charge in [0.25, 0.3) is 5.91 Å². The first-order chi connectivity index (χ1) is 16.0. The molecule has 1 unspecified atom stereocenters. The van der Waals surface area contributed by atoms with Crippen molar-refractivity contribution in [3.05, 3.63) is 41.1 Å². The third-order valence-electron chi connectivity index (χ3n) is 7.78. The van der Waals surface area contributed by atoms with Crippen molar-refractivity contribution >= 4 is 28.9 Å². The van der Waals surface area contributed by atoms with Crippen molar-refractivity contribution in [3.63, 3.8) is 0 Å². The molecule has 1 amide bonds. The van der Waals surface area contributed by atoms with Crippen molar-refractivity contribution in [2.75, 3.05) is 31.5 Å². The number of anilines is 1. The molecule has 2 aromatic heterocycles. The molecule has 2 N–H and O–H groups in total. The molecule has 0 radical (unpaired) electrons. The number of aromatic nitrogens is 2. The molecule has 1 aliphatic carbocycles. The molecule has 33 heavy (non-hydrogen) atoms. The number of hydrogen-bond acceptors (Lipinski definition) is 7. The van der Waals surface area contributed by atoms with Crippen LogP contribution in [0.2, 0.25) is 0 Å². The highest BCUT2D eigenvalue weighted by molar-refractivity contribution is 7.10. The Labute approximate surface area is 197 Å². The summed E-state index contributed by atoms with van der Waals surface area (Å²) in [6.07, 6.45) is 9.86. The van der Waals surface area contributed by atoms with Crippen molar-refractivity contribution in [1.82, 2.24) is 9.97 Å². The van der Waals surface area contributed by atoms with Crippen LogP contribution in [0.25, 0.3) is 0 Å². The molecular weight excluding hydrogens is 440 g/mol. The Morgan fingerprint density at radius 2 is 1.91 bits per heavy atom. The van der Waals surface area contributed by atoms with Crippen molar-refractivity contribution in [2.24, 2.45) is 11.8 Å². The van der Waals surface area contributed by atoms with Crippen LogP contribution in [0.4, 0.5) is 5.69 Å². The van der Waals surface area contributed by atoms with E-state index in [0.717, 1.165) is 51.6 Å². The van der Waals surface area contributed by atoms with Crippen LogP contribution in [-0.4, -0.2) is 63.7 Å². The molecule has 9 heteroatoms. The molecule has 2 atom stereocenters. The Kier molecular flexibility index (Phi) is 6.20. The second-order valence-corrected chi connectivity index (χ2v) is 10.8. The van der Waals surface area contributed by atoms with E-state index in [1.165, 1.54) is 17.7 Å². The summed E-state index contributed by atoms with van der Waals surface area (Å²) < 4.78 is 6.71. The molecule has 3 saturated heterocycles. The highest BCUT2D eigenvalue weighted by atomic mass is 32.1. The van der Waals surface area contributed by atoms with Gasteiger partial charge >= 0.3 is 5.97 Å². The predicted molar refractivity (Wildman–Crippen MR) is 123 cm³/mol. The predicted octanol–water partition coefficient (Wildman–Crippen LogP) is 2.71. The molecule has 0 aromatic carbocycles. The Hall–Kier alpha value is -2.36. The van der Waals surface area contributed by atoms with Gasteiger partial charge < -0.3 is 19.6 Å². The standard InChI is InChI=1S/C24H30N4O4S/c29-22(27-19-12-25-16-26-13-19)15-28-9-7-17(8-10-28)20(14-28)32-23(30)24(31,18-4-1-2-5-18)21-6-3-11-33-21/h3,6,11-13,16-18,20,31H,1-2,4-5,7-10,14-15H2/p+1/t17?,20?,24-,28?/m0/s1. The maximum absolute atomic E-state index is 13.5. The van der Waals surface area contributed by atoms with E-state index in [2.05, 4.69) is 15.3 Å². The van der Waals surface area contributed by atoms with Gasteiger partial charge in [0, 0.05) is 29.6 Å². The van der Waals surface area contributed by atoms with Crippen molar-refractivity contribution in [2.45, 2.75) is 50.2 Å². The molecule has 6 rings (SSSR count). The van der Waals surface area contributed by atoms with Gasteiger partial charge in [-0.1, -0.05) is 18.9 Å². The van der Waals surface area contributed by atoms with Gasteiger partial charge in [0.2, 0.25) is 0 Å². The Morgan fingerprint density at radius 3 is 2.58 bits per heavy atom. The van der Waals surface area contributed by atoms with Crippen molar-refractivity contribution in [3.8, 4) is 0 Å². The Bertz CT molecular complexity index is 972. The van der Waals surface area contributed by atoms with Gasteiger partial charge in [-0.05, 0) is 24.3 Å². The van der Waals surface area contributed by atoms with E-state index in [1.54, 1.807) is 12.4 Å². The quantitative estimate of drug-likeness (QED) is 0.476. The molecule has 2 aromatic rings. The number of piperidine rings is 3. The summed E-state index contributed by atoms with van der Waals surface area (Å²) in [5, 5.41) is 16.4. The van der Waals surface area contributed by atoms with Crippen LogP contribution in [0.15, 0.2) is 36.2 Å². The highest BCUT2D eigenvalue weighted by Gasteiger charge is 2.53. The third kappa shape index (κ3) is 4.41. The third-order valence-corrected chi connectivity index (χ3v) is 8.77. The second kappa shape index (κ2) is 9.12. The molecule has 8 nitrogen and oxygen atoms in total. The monoisotopic (exact) mass is 471 g/mol. The molecule has 4 aliphatic rings. The molecule has 4 fully saturated rings. The lowest BCUT2D eigenvalue weighted by Gasteiger charge is -2.51. The topological polar surface area (TPSA) is 101 Å². The number of nitrogens with one attached hydrogen (secondary N) is 1. The number of rotatable bonds is 7. The SMILES string of the molecule is O=C(C[N+]12CCC(CC1)C(OC(=O)[C@@](O)(c1cccs1)C1CCCC1)C2)Nc1cncnc1. The van der Waals surface area contributed by atoms with Crippen molar-refractivity contribution < 1.29 is 23.9 Å². The number of hydrogen-bond donors (Lipinski definition) is 2. The molecule has 3 aliphatic heterocycles. The molecule has 176 valence electrons. The number of fused-ring (bicyclic) bond motifs is 3. The number of thiophene rings is 1. The average Bonchev–Trinajstić information content (AvgIpc) is 3.54. The zero-order valence-corrected chi connectivity index (χ0v) is 19.5. The molecular formula is C24H31N4O4S+. The first-order valence-corrected chi connectivity index (χ1v) is 12.7. The fourth-order valence-electron chi connectivity index (χ4n) is 5.98. The van der Waals surface area contributed by atoms with E-state index in [-0.39, 0.29) is 23.8 Å². The summed E-state index contributed by atoms with van der Waals surface area (Å²) in [5.41, 5.74) is -1.00. The van der Waals surface area contributed by atoms with E-state index in [9.17, 15) is 14.7 Å². The number of nitrogens with zero attached hydrogens (tertiary/aromatic N) is 3. The van der Waals surface area contributed by atoms with Crippen LogP contribution >= 0.6 is 11.3 Å². The zero-order valence-electron chi connectivity index (χ0n) is 18.7. The lowest BCUT2D eigenvalue weighted by Crippen LogP contribution is -2.66. The lowest BCUT2D eigenvalue weighted by molar-refractivity contribution is -0.939. The van der Waals surface area contributed by atoms with Crippen LogP contribution in [0.1, 0.15) is 43.4 Å². The normalized spacial score (nSPS) is 28.9. The van der Waals surface area contributed by atoms with Crippen LogP contribution in [0.3, 0.4) is 0 Å². The summed E-state index contributed by atoms with van der Waals surface area (Å²) in [6.45, 7) is 2.73. The van der Waals surface area contributed by atoms with Crippen LogP contribution < -0.4 is 5.32 Å². The van der Waals surface area contributed by atoms with E-state index in [4.69, 9.17) is 4.74 Å². The number of amides is 1. The van der Waals surface area contributed by atoms with E-state index >= 15 is 0 Å². The Morgan fingerprint density at radius 1 is 1.18 bits per heavy atom. The van der Waals surface area contributed by atoms with Crippen LogP contribution in [0, 0.1) is 11.8 Å². The average molecular weight is 472 g/mol. The number of ether oxygens (including phenoxy) is 1. The van der Waals surface area contributed by atoms with E-state index < -0.39 is 11.6 Å². The maximum Gasteiger partial charge on any atom is 0.344 e. The number of quaternary nitrogens is 1. The molecule has 5 heterocycles. The van der Waals surface area contributed by atoms with Gasteiger partial charge in [0.15, 0.2) is 18.2 Å². The van der Waals surface area contributed by atoms with Gasteiger partial charge in [0.1, 0.15) is 12.9 Å². The Balaban J connectivity index is 1.28. The van der Waals surface area contributed by atoms with Gasteiger partial charge in [0.05, 0.1) is 31.2 Å². The second-order valence-electron chi connectivity index (χ2n) is 9.81. The summed E-state index contributed by atoms with van der Waals surface area (Å²) >= 11 is 1.41. The zero-order chi connectivity index (χ0) is 22.9. The summed E-state index contributed by atoms with van der Waals surface area (Å²) in [6, 6.07) is 3.71. The van der Waals surface area contributed by atoms with E-state index in [1.807, 2.05) is 17.5 Å². The minimum atomic E-state index is -1.58. The van der Waals surface area contributed by atoms with Gasteiger partial charge in [-0.2, -0.15) is 0 Å². The first-order valence-electron chi connectivity index (χ1n) is 11.9. The fourth-order valence-corrected chi connectivity index (χ4v) is 6.87. The lowest BCUT2D eigenvalue weighted by atomic mass is 9.82. The highest BCUT2D eigenvalue weighted by Crippen LogP contribution is 2.44. The largest absolute Gasteiger partial charge is 0.454 e. The number of esters is 1. The van der Waals surface area contributed by atoms with Gasteiger partial charge in [-0.15, -0.1) is 11.3 Å². The van der Waals surface area contributed by atoms with E-state index in [0.29, 0.717) is 28.1 Å². The van der Waals surface area contributed by atoms with Gasteiger partial charge in [-0.25, -0.2) is 14.8 Å². The molecule has 2 bridgehead atoms. The number of aliphatic hydroxyl groups is 1. The molecule has 1 saturated carbocycles. The van der Waals surface area contributed by atoms with Gasteiger partial charge in [-0.3, -0.25) is 4.79 Å². The van der Waals surface area contributed by atoms with Crippen LogP contribution in [0.5, 0.6) is 0 Å². The van der Waals surface area contributed by atoms with Crippen molar-refractivity contribution in [1.29, 1.82) is 0 Å². The summed E-state index contributed by atoms with van der Waals surface area (Å²) in [4.78, 5) is 34.8. The summed E-state index contributed by atoms with van der Waals surface area (Å²) in [5.74, 6) is -0.418. The first kappa shape index (κ1) is 22.4. The maximum atomic E-state index is 13.5. The van der Waals surface area contributed by atoms with Crippen LogP contribution in [-0.2, 0) is 19.9 Å². The minimum Gasteiger partial charge on any atom is -0.454 e. The number of carbonyl (C=O) groups excluding carboxylic acids is 2. The fraction of sp³-hybridized carbons (Fsp3) is 0.583. The number of carbonyl (C=O) groups is 2. The summed E-state index contributed by atoms with van der Waals surface area (Å²) in [7, 11) is 0. The molecule has 0 spiro atoms. The smallest absolute Gasteiger partial charge is 0.344 e. The minimum absolute atomic E-state index is 0.0868.